The van der Waals surface area contributed by atoms with Crippen LogP contribution in [-0.2, 0) is 10.0 Å². The molecule has 0 aliphatic heterocycles. The lowest BCUT2D eigenvalue weighted by Crippen LogP contribution is -2.42. The smallest absolute Gasteiger partial charge is 0.274 e. The molecule has 1 atom stereocenters. The van der Waals surface area contributed by atoms with E-state index in [1.807, 2.05) is 0 Å². The molecule has 0 spiro atoms. The summed E-state index contributed by atoms with van der Waals surface area (Å²) in [6.45, 7) is 0.697. The lowest BCUT2D eigenvalue weighted by Gasteiger charge is -2.17. The number of hydrogen-bond donors (Lipinski definition) is 1. The van der Waals surface area contributed by atoms with Gasteiger partial charge in [0.2, 0.25) is 10.0 Å². The SMILES string of the molecule is CC(NS(=O)(=O)c1ccc(-c2c(C#N)c3cc(Br)cnc3n2-c2cnccn2)nc1)C(F)(F)F. The number of nitriles is 1. The minimum atomic E-state index is -4.75. The molecule has 4 rings (SSSR count). The summed E-state index contributed by atoms with van der Waals surface area (Å²) in [5.74, 6) is 0.331. The summed E-state index contributed by atoms with van der Waals surface area (Å²) in [5, 5.41) is 10.4. The standard InChI is InChI=1S/C20H13BrF3N7O2S/c1-11(20(22,23)24)30-34(32,33)13-2-3-16(28-9-13)18-15(7-25)14-6-12(21)8-29-19(14)31(18)17-10-26-4-5-27-17/h2-6,8-11,30H,1H3. The number of nitrogens with zero attached hydrogens (tertiary/aromatic N) is 6. The van der Waals surface area contributed by atoms with Gasteiger partial charge in [0.25, 0.3) is 0 Å². The normalized spacial score (nSPS) is 13.1. The fourth-order valence-corrected chi connectivity index (χ4v) is 4.68. The average molecular weight is 552 g/mol. The van der Waals surface area contributed by atoms with E-state index in [9.17, 15) is 26.9 Å². The summed E-state index contributed by atoms with van der Waals surface area (Å²) >= 11 is 3.33. The molecule has 0 aromatic carbocycles. The van der Waals surface area contributed by atoms with E-state index in [1.165, 1.54) is 30.9 Å². The molecule has 174 valence electrons. The zero-order valence-corrected chi connectivity index (χ0v) is 19.5. The van der Waals surface area contributed by atoms with E-state index in [4.69, 9.17) is 0 Å². The van der Waals surface area contributed by atoms with Crippen LogP contribution in [0.5, 0.6) is 0 Å². The number of pyridine rings is 2. The lowest BCUT2D eigenvalue weighted by molar-refractivity contribution is -0.147. The Morgan fingerprint density at radius 2 is 1.91 bits per heavy atom. The van der Waals surface area contributed by atoms with E-state index in [2.05, 4.69) is 41.9 Å². The molecule has 0 aliphatic rings. The number of alkyl halides is 3. The first-order valence-electron chi connectivity index (χ1n) is 9.45. The van der Waals surface area contributed by atoms with Gasteiger partial charge >= 0.3 is 6.18 Å². The number of halogens is 4. The molecule has 4 aromatic heterocycles. The Labute approximate surface area is 199 Å². The fourth-order valence-electron chi connectivity index (χ4n) is 3.17. The maximum Gasteiger partial charge on any atom is 0.404 e. The van der Waals surface area contributed by atoms with Crippen molar-refractivity contribution in [1.29, 1.82) is 5.26 Å². The Kier molecular flexibility index (Phi) is 6.11. The van der Waals surface area contributed by atoms with E-state index in [-0.39, 0.29) is 17.0 Å². The predicted octanol–water partition coefficient (Wildman–Crippen LogP) is 3.74. The van der Waals surface area contributed by atoms with Crippen LogP contribution in [0.3, 0.4) is 0 Å². The maximum absolute atomic E-state index is 12.8. The third-order valence-electron chi connectivity index (χ3n) is 4.78. The quantitative estimate of drug-likeness (QED) is 0.400. The number of hydrogen-bond acceptors (Lipinski definition) is 7. The van der Waals surface area contributed by atoms with Crippen LogP contribution in [0, 0.1) is 11.3 Å². The minimum absolute atomic E-state index is 0.180. The van der Waals surface area contributed by atoms with Crippen molar-refractivity contribution >= 4 is 37.0 Å². The van der Waals surface area contributed by atoms with Crippen LogP contribution >= 0.6 is 15.9 Å². The van der Waals surface area contributed by atoms with Gasteiger partial charge in [0.05, 0.1) is 23.1 Å². The summed E-state index contributed by atoms with van der Waals surface area (Å²) in [6.07, 6.45) is 2.08. The van der Waals surface area contributed by atoms with Crippen molar-refractivity contribution in [3.05, 3.63) is 59.2 Å². The van der Waals surface area contributed by atoms with Gasteiger partial charge in [-0.2, -0.15) is 23.2 Å². The first kappa shape index (κ1) is 23.7. The second kappa shape index (κ2) is 8.75. The molecule has 0 aliphatic carbocycles. The molecule has 0 saturated carbocycles. The Balaban J connectivity index is 1.87. The lowest BCUT2D eigenvalue weighted by atomic mass is 10.1. The van der Waals surface area contributed by atoms with E-state index in [0.717, 1.165) is 12.3 Å². The van der Waals surface area contributed by atoms with Gasteiger partial charge in [-0.3, -0.25) is 14.5 Å². The summed E-state index contributed by atoms with van der Waals surface area (Å²) in [5.41, 5.74) is 1.03. The monoisotopic (exact) mass is 551 g/mol. The average Bonchev–Trinajstić information content (AvgIpc) is 3.12. The van der Waals surface area contributed by atoms with Crippen molar-refractivity contribution in [1.82, 2.24) is 29.2 Å². The molecule has 1 N–H and O–H groups in total. The third kappa shape index (κ3) is 4.37. The molecule has 4 heterocycles. The van der Waals surface area contributed by atoms with Crippen molar-refractivity contribution in [2.45, 2.75) is 24.0 Å². The van der Waals surface area contributed by atoms with Crippen LogP contribution in [0.1, 0.15) is 12.5 Å². The molecule has 4 aromatic rings. The topological polar surface area (TPSA) is 126 Å². The van der Waals surface area contributed by atoms with Gasteiger partial charge in [0, 0.05) is 34.6 Å². The van der Waals surface area contributed by atoms with Crippen molar-refractivity contribution in [3.8, 4) is 23.3 Å². The maximum atomic E-state index is 12.8. The van der Waals surface area contributed by atoms with Gasteiger partial charge in [0.15, 0.2) is 5.82 Å². The Morgan fingerprint density at radius 1 is 1.15 bits per heavy atom. The van der Waals surface area contributed by atoms with Crippen molar-refractivity contribution in [2.75, 3.05) is 0 Å². The first-order chi connectivity index (χ1) is 16.0. The zero-order chi connectivity index (χ0) is 24.7. The highest BCUT2D eigenvalue weighted by Gasteiger charge is 2.39. The van der Waals surface area contributed by atoms with Crippen LogP contribution in [-0.4, -0.2) is 45.1 Å². The number of fused-ring (bicyclic) bond motifs is 1. The Morgan fingerprint density at radius 3 is 2.50 bits per heavy atom. The molecule has 0 radical (unpaired) electrons. The van der Waals surface area contributed by atoms with Gasteiger partial charge in [-0.1, -0.05) is 0 Å². The van der Waals surface area contributed by atoms with Crippen molar-refractivity contribution in [2.24, 2.45) is 0 Å². The summed E-state index contributed by atoms with van der Waals surface area (Å²) in [6, 6.07) is 3.93. The first-order valence-corrected chi connectivity index (χ1v) is 11.7. The molecule has 0 saturated heterocycles. The third-order valence-corrected chi connectivity index (χ3v) is 6.74. The van der Waals surface area contributed by atoms with Gasteiger partial charge in [-0.05, 0) is 41.1 Å². The van der Waals surface area contributed by atoms with Gasteiger partial charge < -0.3 is 0 Å². The molecule has 0 amide bonds. The number of sulfonamides is 1. The second-order valence-corrected chi connectivity index (χ2v) is 9.65. The zero-order valence-electron chi connectivity index (χ0n) is 17.1. The largest absolute Gasteiger partial charge is 0.404 e. The van der Waals surface area contributed by atoms with E-state index in [0.29, 0.717) is 28.2 Å². The molecule has 14 heteroatoms. The number of nitrogens with one attached hydrogen (secondary N) is 1. The van der Waals surface area contributed by atoms with Crippen LogP contribution in [0.15, 0.2) is 58.6 Å². The summed E-state index contributed by atoms with van der Waals surface area (Å²) in [7, 11) is -4.50. The van der Waals surface area contributed by atoms with Gasteiger partial charge in [0.1, 0.15) is 22.7 Å². The van der Waals surface area contributed by atoms with Crippen LogP contribution in [0.4, 0.5) is 13.2 Å². The number of aromatic nitrogens is 5. The van der Waals surface area contributed by atoms with Crippen molar-refractivity contribution in [3.63, 3.8) is 0 Å². The minimum Gasteiger partial charge on any atom is -0.274 e. The second-order valence-electron chi connectivity index (χ2n) is 7.02. The van der Waals surface area contributed by atoms with Crippen LogP contribution in [0.25, 0.3) is 28.2 Å². The highest BCUT2D eigenvalue weighted by molar-refractivity contribution is 9.10. The van der Waals surface area contributed by atoms with E-state index >= 15 is 0 Å². The molecule has 1 unspecified atom stereocenters. The summed E-state index contributed by atoms with van der Waals surface area (Å²) in [4.78, 5) is 16.4. The predicted molar refractivity (Wildman–Crippen MR) is 118 cm³/mol. The van der Waals surface area contributed by atoms with Crippen LogP contribution < -0.4 is 4.72 Å². The van der Waals surface area contributed by atoms with Crippen LogP contribution in [0.2, 0.25) is 0 Å². The Bertz CT molecular complexity index is 1520. The highest BCUT2D eigenvalue weighted by atomic mass is 79.9. The molecule has 0 fully saturated rings. The fraction of sp³-hybridized carbons (Fsp3) is 0.150. The molecule has 9 nitrogen and oxygen atoms in total. The van der Waals surface area contributed by atoms with E-state index < -0.39 is 27.1 Å². The molecule has 34 heavy (non-hydrogen) atoms. The molecular formula is C20H13BrF3N7O2S. The molecule has 0 bridgehead atoms. The summed E-state index contributed by atoms with van der Waals surface area (Å²) < 4.78 is 66.9. The Hall–Kier alpha value is -3.41. The van der Waals surface area contributed by atoms with Gasteiger partial charge in [-0.25, -0.2) is 18.4 Å². The number of rotatable bonds is 5. The molecular weight excluding hydrogens is 539 g/mol. The highest BCUT2D eigenvalue weighted by Crippen LogP contribution is 2.35. The van der Waals surface area contributed by atoms with Crippen molar-refractivity contribution < 1.29 is 21.6 Å². The van der Waals surface area contributed by atoms with E-state index in [1.54, 1.807) is 15.4 Å². The van der Waals surface area contributed by atoms with Gasteiger partial charge in [-0.15, -0.1) is 0 Å².